The van der Waals surface area contributed by atoms with Crippen LogP contribution in [-0.2, 0) is 4.84 Å². The molecule has 0 N–H and O–H groups in total. The first-order valence-corrected chi connectivity index (χ1v) is 5.18. The Bertz CT molecular complexity index is 336. The fourth-order valence-electron chi connectivity index (χ4n) is 0.853. The summed E-state index contributed by atoms with van der Waals surface area (Å²) >= 11 is 1.63. The van der Waals surface area contributed by atoms with Crippen molar-refractivity contribution >= 4 is 17.0 Å². The Morgan fingerprint density at radius 2 is 2.36 bits per heavy atom. The van der Waals surface area contributed by atoms with Crippen molar-refractivity contribution < 1.29 is 4.84 Å². The van der Waals surface area contributed by atoms with Crippen LogP contribution in [0.4, 0.5) is 0 Å². The smallest absolute Gasteiger partial charge is 0.141 e. The molecule has 14 heavy (non-hydrogen) atoms. The van der Waals surface area contributed by atoms with Crippen LogP contribution in [-0.4, -0.2) is 17.3 Å². The molecule has 0 aliphatic heterocycles. The maximum absolute atomic E-state index is 4.98. The van der Waals surface area contributed by atoms with Crippen LogP contribution in [0.15, 0.2) is 17.8 Å². The van der Waals surface area contributed by atoms with Crippen LogP contribution in [0.25, 0.3) is 0 Å². The molecule has 1 aromatic heterocycles. The fourth-order valence-corrected chi connectivity index (χ4v) is 1.70. The molecular weight excluding hydrogens is 196 g/mol. The second-order valence-electron chi connectivity index (χ2n) is 2.92. The third-order valence-electron chi connectivity index (χ3n) is 1.73. The summed E-state index contributed by atoms with van der Waals surface area (Å²) in [5.41, 5.74) is 1.87. The Hall–Kier alpha value is -1.16. The Morgan fingerprint density at radius 1 is 1.64 bits per heavy atom. The van der Waals surface area contributed by atoms with Crippen LogP contribution < -0.4 is 0 Å². The Balaban J connectivity index is 2.73. The van der Waals surface area contributed by atoms with E-state index in [1.165, 1.54) is 4.88 Å². The zero-order chi connectivity index (χ0) is 10.6. The minimum atomic E-state index is 0.431. The predicted octanol–water partition coefficient (Wildman–Crippen LogP) is 2.69. The zero-order valence-corrected chi connectivity index (χ0v) is 9.52. The second-order valence-corrected chi connectivity index (χ2v) is 4.12. The first-order valence-electron chi connectivity index (χ1n) is 4.37. The monoisotopic (exact) mass is 210 g/mol. The van der Waals surface area contributed by atoms with Crippen molar-refractivity contribution in [3.8, 4) is 0 Å². The summed E-state index contributed by atoms with van der Waals surface area (Å²) in [5.74, 6) is 0. The number of thiazole rings is 1. The van der Waals surface area contributed by atoms with Crippen LogP contribution in [0.5, 0.6) is 0 Å². The molecule has 0 amide bonds. The van der Waals surface area contributed by atoms with Crippen molar-refractivity contribution in [3.63, 3.8) is 0 Å². The fraction of sp³-hybridized carbons (Fsp3) is 0.400. The summed E-state index contributed by atoms with van der Waals surface area (Å²) in [5, 5.41) is 4.85. The Morgan fingerprint density at radius 3 is 2.86 bits per heavy atom. The molecule has 1 aromatic rings. The molecule has 0 bridgehead atoms. The second kappa shape index (κ2) is 4.91. The van der Waals surface area contributed by atoms with Crippen LogP contribution in [0.1, 0.15) is 22.5 Å². The highest BCUT2D eigenvalue weighted by Gasteiger charge is 2.06. The van der Waals surface area contributed by atoms with Gasteiger partial charge in [-0.15, -0.1) is 11.3 Å². The third-order valence-corrected chi connectivity index (χ3v) is 2.91. The van der Waals surface area contributed by atoms with E-state index >= 15 is 0 Å². The molecule has 76 valence electrons. The zero-order valence-electron chi connectivity index (χ0n) is 8.70. The number of oxime groups is 1. The topological polar surface area (TPSA) is 34.5 Å². The maximum Gasteiger partial charge on any atom is 0.141 e. The van der Waals surface area contributed by atoms with Crippen molar-refractivity contribution in [2.75, 3.05) is 6.61 Å². The molecule has 0 aromatic carbocycles. The van der Waals surface area contributed by atoms with E-state index in [1.807, 2.05) is 20.8 Å². The van der Waals surface area contributed by atoms with Crippen molar-refractivity contribution in [1.82, 2.24) is 4.98 Å². The van der Waals surface area contributed by atoms with Crippen LogP contribution >= 0.6 is 11.3 Å². The van der Waals surface area contributed by atoms with E-state index in [4.69, 9.17) is 4.84 Å². The lowest BCUT2D eigenvalue weighted by atomic mass is 10.4. The number of aryl methyl sites for hydroxylation is 2. The molecular formula is C10H14N2OS. The maximum atomic E-state index is 4.98. The third kappa shape index (κ3) is 2.67. The van der Waals surface area contributed by atoms with Gasteiger partial charge in [0.15, 0.2) is 0 Å². The standard InChI is InChI=1S/C10H14N2OS/c1-5-6-13-12-8(3)10-11-7(2)9(4)14-10/h5H,1,6H2,2-4H3/b12-8+. The Labute approximate surface area is 88.1 Å². The molecule has 0 atom stereocenters. The van der Waals surface area contributed by atoms with E-state index in [0.29, 0.717) is 6.61 Å². The van der Waals surface area contributed by atoms with Crippen molar-refractivity contribution in [3.05, 3.63) is 28.2 Å². The average Bonchev–Trinajstić information content (AvgIpc) is 2.47. The van der Waals surface area contributed by atoms with Gasteiger partial charge >= 0.3 is 0 Å². The highest BCUT2D eigenvalue weighted by Crippen LogP contribution is 2.17. The first kappa shape index (κ1) is 10.9. The van der Waals surface area contributed by atoms with Gasteiger partial charge in [0.05, 0.1) is 5.69 Å². The molecule has 0 saturated heterocycles. The van der Waals surface area contributed by atoms with Gasteiger partial charge in [0.1, 0.15) is 17.3 Å². The lowest BCUT2D eigenvalue weighted by Gasteiger charge is -1.95. The van der Waals surface area contributed by atoms with Crippen molar-refractivity contribution in [1.29, 1.82) is 0 Å². The number of aromatic nitrogens is 1. The molecule has 1 heterocycles. The van der Waals surface area contributed by atoms with Gasteiger partial charge in [0, 0.05) is 4.88 Å². The average molecular weight is 210 g/mol. The molecule has 0 unspecified atom stereocenters. The SMILES string of the molecule is C=CCO/N=C(\C)c1nc(C)c(C)s1. The van der Waals surface area contributed by atoms with Gasteiger partial charge in [0.2, 0.25) is 0 Å². The molecule has 1 rings (SSSR count). The van der Waals surface area contributed by atoms with Gasteiger partial charge < -0.3 is 4.84 Å². The van der Waals surface area contributed by atoms with E-state index in [0.717, 1.165) is 16.4 Å². The summed E-state index contributed by atoms with van der Waals surface area (Å²) < 4.78 is 0. The molecule has 0 aliphatic carbocycles. The van der Waals surface area contributed by atoms with Crippen molar-refractivity contribution in [2.45, 2.75) is 20.8 Å². The van der Waals surface area contributed by atoms with Crippen LogP contribution in [0, 0.1) is 13.8 Å². The minimum absolute atomic E-state index is 0.431. The predicted molar refractivity (Wildman–Crippen MR) is 59.9 cm³/mol. The van der Waals surface area contributed by atoms with Crippen molar-refractivity contribution in [2.24, 2.45) is 5.16 Å². The van der Waals surface area contributed by atoms with Gasteiger partial charge in [-0.1, -0.05) is 17.8 Å². The molecule has 0 spiro atoms. The lowest BCUT2D eigenvalue weighted by Crippen LogP contribution is -1.95. The first-order chi connectivity index (χ1) is 6.65. The summed E-state index contributed by atoms with van der Waals surface area (Å²) in [6.45, 7) is 9.91. The van der Waals surface area contributed by atoms with Crippen LogP contribution in [0.2, 0.25) is 0 Å². The molecule has 0 aliphatic rings. The number of hydrogen-bond acceptors (Lipinski definition) is 4. The summed E-state index contributed by atoms with van der Waals surface area (Å²) in [6.07, 6.45) is 1.66. The molecule has 0 radical (unpaired) electrons. The normalized spacial score (nSPS) is 11.5. The quantitative estimate of drug-likeness (QED) is 0.331. The van der Waals surface area contributed by atoms with E-state index in [2.05, 4.69) is 16.7 Å². The molecule has 4 heteroatoms. The highest BCUT2D eigenvalue weighted by atomic mass is 32.1. The van der Waals surface area contributed by atoms with Gasteiger partial charge in [-0.05, 0) is 20.8 Å². The van der Waals surface area contributed by atoms with Gasteiger partial charge in [-0.3, -0.25) is 0 Å². The summed E-state index contributed by atoms with van der Waals surface area (Å²) in [7, 11) is 0. The van der Waals surface area contributed by atoms with Crippen LogP contribution in [0.3, 0.4) is 0 Å². The summed E-state index contributed by atoms with van der Waals surface area (Å²) in [4.78, 5) is 10.6. The van der Waals surface area contributed by atoms with Gasteiger partial charge in [-0.25, -0.2) is 4.98 Å². The number of nitrogens with zero attached hydrogens (tertiary/aromatic N) is 2. The molecule has 0 fully saturated rings. The van der Waals surface area contributed by atoms with E-state index in [-0.39, 0.29) is 0 Å². The van der Waals surface area contributed by atoms with Gasteiger partial charge in [0.25, 0.3) is 0 Å². The lowest BCUT2D eigenvalue weighted by molar-refractivity contribution is 0.175. The van der Waals surface area contributed by atoms with E-state index < -0.39 is 0 Å². The Kier molecular flexibility index (Phi) is 3.83. The molecule has 3 nitrogen and oxygen atoms in total. The minimum Gasteiger partial charge on any atom is -0.391 e. The number of hydrogen-bond donors (Lipinski definition) is 0. The van der Waals surface area contributed by atoms with E-state index in [9.17, 15) is 0 Å². The molecule has 0 saturated carbocycles. The van der Waals surface area contributed by atoms with Gasteiger partial charge in [-0.2, -0.15) is 0 Å². The summed E-state index contributed by atoms with van der Waals surface area (Å²) in [6, 6.07) is 0. The largest absolute Gasteiger partial charge is 0.391 e. The van der Waals surface area contributed by atoms with E-state index in [1.54, 1.807) is 17.4 Å². The number of rotatable bonds is 4. The highest BCUT2D eigenvalue weighted by molar-refractivity contribution is 7.13.